The van der Waals surface area contributed by atoms with Crippen LogP contribution < -0.4 is 10.1 Å². The third-order valence-corrected chi connectivity index (χ3v) is 5.54. The molecule has 1 unspecified atom stereocenters. The van der Waals surface area contributed by atoms with Crippen LogP contribution in [0.2, 0.25) is 0 Å². The summed E-state index contributed by atoms with van der Waals surface area (Å²) in [5.41, 5.74) is 0.615. The molecule has 7 heteroatoms. The van der Waals surface area contributed by atoms with Gasteiger partial charge in [0.2, 0.25) is 5.91 Å². The molecule has 132 valence electrons. The smallest absolute Gasteiger partial charge is 0.308 e. The zero-order valence-electron chi connectivity index (χ0n) is 14.5. The normalized spacial score (nSPS) is 19.8. The fraction of sp³-hybridized carbons (Fsp3) is 0.529. The quantitative estimate of drug-likeness (QED) is 0.667. The fourth-order valence-electron chi connectivity index (χ4n) is 2.55. The molecule has 0 saturated carbocycles. The molecule has 0 aliphatic carbocycles. The number of ether oxygens (including phenoxy) is 1. The first kappa shape index (κ1) is 18.6. The molecule has 1 heterocycles. The lowest BCUT2D eigenvalue weighted by molar-refractivity contribution is -0.131. The van der Waals surface area contributed by atoms with Crippen LogP contribution >= 0.6 is 0 Å². The van der Waals surface area contributed by atoms with Gasteiger partial charge in [-0.1, -0.05) is 0 Å². The second-order valence-electron chi connectivity index (χ2n) is 6.77. The Hall–Kier alpha value is -1.73. The number of anilines is 1. The number of amides is 1. The monoisotopic (exact) mass is 352 g/mol. The van der Waals surface area contributed by atoms with Gasteiger partial charge in [-0.25, -0.2) is 8.51 Å². The molecule has 1 fully saturated rings. The van der Waals surface area contributed by atoms with Crippen LogP contribution in [0.3, 0.4) is 0 Å². The summed E-state index contributed by atoms with van der Waals surface area (Å²) in [6, 6.07) is 6.21. The first-order chi connectivity index (χ1) is 11.2. The van der Waals surface area contributed by atoms with Crippen LogP contribution in [0, 0.1) is 0 Å². The highest BCUT2D eigenvalue weighted by atomic mass is 32.2. The molecule has 0 aromatic heterocycles. The first-order valence-electron chi connectivity index (χ1n) is 7.96. The topological polar surface area (TPSA) is 75.7 Å². The third-order valence-electron chi connectivity index (χ3n) is 3.63. The van der Waals surface area contributed by atoms with Gasteiger partial charge in [-0.2, -0.15) is 0 Å². The van der Waals surface area contributed by atoms with Crippen molar-refractivity contribution in [2.45, 2.75) is 51.3 Å². The Balaban J connectivity index is 2.03. The molecule has 1 aliphatic rings. The highest BCUT2D eigenvalue weighted by molar-refractivity contribution is 7.84. The van der Waals surface area contributed by atoms with Gasteiger partial charge in [-0.05, 0) is 57.9 Å². The largest absolute Gasteiger partial charge is 0.427 e. The van der Waals surface area contributed by atoms with Gasteiger partial charge in [0.15, 0.2) is 0 Å². The van der Waals surface area contributed by atoms with Crippen molar-refractivity contribution in [2.75, 3.05) is 11.9 Å². The lowest BCUT2D eigenvalue weighted by atomic mass is 10.2. The summed E-state index contributed by atoms with van der Waals surface area (Å²) >= 11 is 0. The number of nitrogens with one attached hydrogen (secondary N) is 1. The van der Waals surface area contributed by atoms with E-state index in [-0.39, 0.29) is 5.91 Å². The van der Waals surface area contributed by atoms with Crippen molar-refractivity contribution in [3.63, 3.8) is 0 Å². The van der Waals surface area contributed by atoms with Crippen molar-refractivity contribution >= 4 is 28.5 Å². The molecule has 24 heavy (non-hydrogen) atoms. The highest BCUT2D eigenvalue weighted by Gasteiger charge is 2.38. The van der Waals surface area contributed by atoms with Crippen molar-refractivity contribution in [1.29, 1.82) is 0 Å². The Morgan fingerprint density at radius 2 is 1.88 bits per heavy atom. The predicted molar refractivity (Wildman–Crippen MR) is 94.0 cm³/mol. The lowest BCUT2D eigenvalue weighted by Crippen LogP contribution is -2.45. The minimum atomic E-state index is -1.22. The molecule has 1 saturated heterocycles. The van der Waals surface area contributed by atoms with Gasteiger partial charge >= 0.3 is 5.97 Å². The molecular weight excluding hydrogens is 328 g/mol. The Morgan fingerprint density at radius 3 is 2.42 bits per heavy atom. The maximum absolute atomic E-state index is 12.6. The van der Waals surface area contributed by atoms with Crippen molar-refractivity contribution in [3.05, 3.63) is 24.3 Å². The second kappa shape index (κ2) is 7.44. The molecule has 1 N–H and O–H groups in total. The Morgan fingerprint density at radius 1 is 1.25 bits per heavy atom. The third kappa shape index (κ3) is 4.64. The summed E-state index contributed by atoms with van der Waals surface area (Å²) in [7, 11) is -1.22. The Labute approximate surface area is 145 Å². The Kier molecular flexibility index (Phi) is 5.77. The molecule has 1 aliphatic heterocycles. The molecule has 1 aromatic carbocycles. The summed E-state index contributed by atoms with van der Waals surface area (Å²) in [4.78, 5) is 23.5. The minimum absolute atomic E-state index is 0.162. The van der Waals surface area contributed by atoms with E-state index in [0.29, 0.717) is 24.4 Å². The fourth-order valence-corrected chi connectivity index (χ4v) is 3.98. The van der Waals surface area contributed by atoms with E-state index in [2.05, 4.69) is 5.32 Å². The van der Waals surface area contributed by atoms with Crippen LogP contribution in [0.15, 0.2) is 24.3 Å². The van der Waals surface area contributed by atoms with Gasteiger partial charge in [0.05, 0.1) is 4.75 Å². The zero-order chi connectivity index (χ0) is 17.9. The van der Waals surface area contributed by atoms with Gasteiger partial charge in [-0.15, -0.1) is 0 Å². The maximum Gasteiger partial charge on any atom is 0.308 e. The van der Waals surface area contributed by atoms with Crippen LogP contribution in [-0.4, -0.2) is 37.7 Å². The number of nitrogens with zero attached hydrogens (tertiary/aromatic N) is 1. The molecule has 1 amide bonds. The summed E-state index contributed by atoms with van der Waals surface area (Å²) < 4.78 is 18.9. The molecule has 0 spiro atoms. The van der Waals surface area contributed by atoms with Crippen LogP contribution in [0.4, 0.5) is 5.69 Å². The number of rotatable bonds is 4. The van der Waals surface area contributed by atoms with Crippen LogP contribution in [0.25, 0.3) is 0 Å². The van der Waals surface area contributed by atoms with Crippen LogP contribution in [-0.2, 0) is 20.6 Å². The summed E-state index contributed by atoms with van der Waals surface area (Å²) in [5.74, 6) is -0.125. The number of carbonyl (C=O) groups excluding carboxylic acids is 2. The van der Waals surface area contributed by atoms with Crippen molar-refractivity contribution in [3.8, 4) is 5.75 Å². The minimum Gasteiger partial charge on any atom is -0.427 e. The predicted octanol–water partition coefficient (Wildman–Crippen LogP) is 2.48. The van der Waals surface area contributed by atoms with Crippen LogP contribution in [0.5, 0.6) is 5.75 Å². The molecule has 6 nitrogen and oxygen atoms in total. The van der Waals surface area contributed by atoms with E-state index >= 15 is 0 Å². The lowest BCUT2D eigenvalue weighted by Gasteiger charge is -2.29. The van der Waals surface area contributed by atoms with Gasteiger partial charge in [0, 0.05) is 19.2 Å². The average Bonchev–Trinajstić information content (AvgIpc) is 2.96. The standard InChI is InChI=1S/C17H24N2O4S/c1-12(20)23-14-9-7-13(8-10-14)18-16(21)15-6-5-11-19(15)24(22)17(2,3)4/h7-10,15H,5-6,11H2,1-4H3,(H,18,21)/t15-,24?/m0/s1. The van der Waals surface area contributed by atoms with Gasteiger partial charge < -0.3 is 10.1 Å². The number of hydrogen-bond acceptors (Lipinski definition) is 4. The molecular formula is C17H24N2O4S. The van der Waals surface area contributed by atoms with Gasteiger partial charge in [0.25, 0.3) is 0 Å². The number of benzene rings is 1. The van der Waals surface area contributed by atoms with E-state index in [1.165, 1.54) is 6.92 Å². The summed E-state index contributed by atoms with van der Waals surface area (Å²) in [6.07, 6.45) is 1.55. The molecule has 2 atom stereocenters. The van der Waals surface area contributed by atoms with Crippen molar-refractivity contribution in [1.82, 2.24) is 4.31 Å². The van der Waals surface area contributed by atoms with E-state index < -0.39 is 27.7 Å². The van der Waals surface area contributed by atoms with E-state index in [4.69, 9.17) is 4.74 Å². The highest BCUT2D eigenvalue weighted by Crippen LogP contribution is 2.26. The summed E-state index contributed by atoms with van der Waals surface area (Å²) in [6.45, 7) is 7.71. The number of hydrogen-bond donors (Lipinski definition) is 1. The van der Waals surface area contributed by atoms with Crippen molar-refractivity contribution < 1.29 is 18.5 Å². The average molecular weight is 352 g/mol. The molecule has 2 rings (SSSR count). The molecule has 0 radical (unpaired) electrons. The Bertz CT molecular complexity index is 637. The first-order valence-corrected chi connectivity index (χ1v) is 9.07. The van der Waals surface area contributed by atoms with Gasteiger partial charge in [-0.3, -0.25) is 9.59 Å². The van der Waals surface area contributed by atoms with E-state index in [0.717, 1.165) is 6.42 Å². The van der Waals surface area contributed by atoms with E-state index in [9.17, 15) is 13.8 Å². The van der Waals surface area contributed by atoms with E-state index in [1.807, 2.05) is 20.8 Å². The van der Waals surface area contributed by atoms with E-state index in [1.54, 1.807) is 28.6 Å². The van der Waals surface area contributed by atoms with Gasteiger partial charge in [0.1, 0.15) is 22.8 Å². The molecule has 1 aromatic rings. The second-order valence-corrected chi connectivity index (χ2v) is 8.96. The maximum atomic E-state index is 12.6. The SMILES string of the molecule is CC(=O)Oc1ccc(NC(=O)[C@@H]2CCCN2S(=O)C(C)(C)C)cc1. The van der Waals surface area contributed by atoms with Crippen LogP contribution in [0.1, 0.15) is 40.5 Å². The number of esters is 1. The molecule has 0 bridgehead atoms. The summed E-state index contributed by atoms with van der Waals surface area (Å²) in [5, 5.41) is 2.85. The number of carbonyl (C=O) groups is 2. The zero-order valence-corrected chi connectivity index (χ0v) is 15.3. The van der Waals surface area contributed by atoms with Crippen molar-refractivity contribution in [2.24, 2.45) is 0 Å².